The van der Waals surface area contributed by atoms with Crippen LogP contribution in [0.15, 0.2) is 110 Å². The van der Waals surface area contributed by atoms with E-state index in [0.717, 1.165) is 26.0 Å². The Morgan fingerprint density at radius 1 is 1.07 bits per heavy atom. The van der Waals surface area contributed by atoms with Crippen LogP contribution in [0.25, 0.3) is 11.8 Å². The molecule has 0 aliphatic carbocycles. The Labute approximate surface area is 269 Å². The van der Waals surface area contributed by atoms with Gasteiger partial charge in [-0.05, 0) is 75.8 Å². The summed E-state index contributed by atoms with van der Waals surface area (Å²) < 4.78 is 14.4. The van der Waals surface area contributed by atoms with Crippen LogP contribution in [0.5, 0.6) is 5.75 Å². The van der Waals surface area contributed by atoms with Gasteiger partial charge in [0, 0.05) is 15.5 Å². The van der Waals surface area contributed by atoms with E-state index in [4.69, 9.17) is 26.1 Å². The van der Waals surface area contributed by atoms with Crippen LogP contribution in [0.1, 0.15) is 34.5 Å². The number of hydrogen-bond acceptors (Lipinski definition) is 7. The van der Waals surface area contributed by atoms with Gasteiger partial charge in [-0.15, -0.1) is 11.3 Å². The maximum Gasteiger partial charge on any atom is 0.338 e. The smallest absolute Gasteiger partial charge is 0.338 e. The molecule has 0 N–H and O–H groups in total. The van der Waals surface area contributed by atoms with Gasteiger partial charge in [0.25, 0.3) is 5.56 Å². The second-order valence-corrected chi connectivity index (χ2v) is 12.8. The van der Waals surface area contributed by atoms with E-state index in [1.165, 1.54) is 22.7 Å². The second kappa shape index (κ2) is 12.9. The van der Waals surface area contributed by atoms with Gasteiger partial charge in [0.1, 0.15) is 18.4 Å². The van der Waals surface area contributed by atoms with Crippen molar-refractivity contribution in [2.45, 2.75) is 19.6 Å². The summed E-state index contributed by atoms with van der Waals surface area (Å²) in [6.07, 6.45) is 1.83. The van der Waals surface area contributed by atoms with Crippen LogP contribution < -0.4 is 19.6 Å². The van der Waals surface area contributed by atoms with Crippen molar-refractivity contribution >= 4 is 67.9 Å². The molecule has 216 valence electrons. The molecule has 5 aromatic rings. The molecule has 43 heavy (non-hydrogen) atoms. The fourth-order valence-electron chi connectivity index (χ4n) is 4.82. The monoisotopic (exact) mass is 690 g/mol. The molecule has 1 aliphatic heterocycles. The third-order valence-corrected chi connectivity index (χ3v) is 9.49. The molecule has 2 aromatic heterocycles. The van der Waals surface area contributed by atoms with Crippen LogP contribution in [0, 0.1) is 0 Å². The van der Waals surface area contributed by atoms with Crippen molar-refractivity contribution in [3.63, 3.8) is 0 Å². The molecule has 0 saturated heterocycles. The molecule has 0 fully saturated rings. The van der Waals surface area contributed by atoms with Gasteiger partial charge in [0.15, 0.2) is 4.80 Å². The lowest BCUT2D eigenvalue weighted by molar-refractivity contribution is -0.138. The number of thiazole rings is 1. The summed E-state index contributed by atoms with van der Waals surface area (Å²) in [5.41, 5.74) is 3.18. The molecule has 3 heterocycles. The molecule has 1 aliphatic rings. The van der Waals surface area contributed by atoms with E-state index in [0.29, 0.717) is 38.0 Å². The van der Waals surface area contributed by atoms with E-state index in [2.05, 4.69) is 15.9 Å². The number of thiophene rings is 1. The Morgan fingerprint density at radius 2 is 1.91 bits per heavy atom. The highest BCUT2D eigenvalue weighted by Crippen LogP contribution is 2.37. The number of nitrogens with zero attached hydrogens (tertiary/aromatic N) is 2. The lowest BCUT2D eigenvalue weighted by atomic mass is 9.97. The van der Waals surface area contributed by atoms with Crippen molar-refractivity contribution in [3.05, 3.63) is 147 Å². The second-order valence-electron chi connectivity index (χ2n) is 9.56. The van der Waals surface area contributed by atoms with Crippen molar-refractivity contribution in [2.75, 3.05) is 6.61 Å². The predicted molar refractivity (Wildman–Crippen MR) is 175 cm³/mol. The van der Waals surface area contributed by atoms with Gasteiger partial charge in [-0.2, -0.15) is 0 Å². The molecule has 0 spiro atoms. The van der Waals surface area contributed by atoms with Crippen molar-refractivity contribution in [2.24, 2.45) is 4.99 Å². The summed E-state index contributed by atoms with van der Waals surface area (Å²) in [6.45, 7) is 2.34. The fraction of sp³-hybridized carbons (Fsp3) is 0.121. The topological polar surface area (TPSA) is 69.9 Å². The number of aromatic nitrogens is 1. The molecule has 6 nitrogen and oxygen atoms in total. The molecule has 0 saturated carbocycles. The lowest BCUT2D eigenvalue weighted by Crippen LogP contribution is -2.39. The molecular formula is C33H24BrClN2O4S2. The largest absolute Gasteiger partial charge is 0.488 e. The van der Waals surface area contributed by atoms with Crippen molar-refractivity contribution < 1.29 is 14.3 Å². The van der Waals surface area contributed by atoms with Crippen LogP contribution in [0.2, 0.25) is 5.02 Å². The van der Waals surface area contributed by atoms with Crippen LogP contribution in [0.3, 0.4) is 0 Å². The highest BCUT2D eigenvalue weighted by Gasteiger charge is 2.35. The van der Waals surface area contributed by atoms with Gasteiger partial charge in [-0.3, -0.25) is 9.36 Å². The SMILES string of the molecule is CCOC(=O)C1=C(c2ccccc2)N=c2s/c(=C\c3ccc(OCc4cccc(Cl)c4)c(Br)c3)c(=O)n2[C@@H]1c1cccs1. The van der Waals surface area contributed by atoms with Gasteiger partial charge >= 0.3 is 5.97 Å². The van der Waals surface area contributed by atoms with Gasteiger partial charge < -0.3 is 9.47 Å². The van der Waals surface area contributed by atoms with Crippen molar-refractivity contribution in [1.29, 1.82) is 0 Å². The fourth-order valence-corrected chi connectivity index (χ4v) is 7.37. The quantitative estimate of drug-likeness (QED) is 0.165. The Balaban J connectivity index is 1.43. The summed E-state index contributed by atoms with van der Waals surface area (Å²) >= 11 is 12.5. The predicted octanol–water partition coefficient (Wildman–Crippen LogP) is 6.99. The lowest BCUT2D eigenvalue weighted by Gasteiger charge is -2.24. The molecular weight excluding hydrogens is 668 g/mol. The maximum atomic E-state index is 14.0. The minimum absolute atomic E-state index is 0.208. The molecule has 0 bridgehead atoms. The molecule has 3 aromatic carbocycles. The zero-order valence-corrected chi connectivity index (χ0v) is 26.8. The average Bonchev–Trinajstić information content (AvgIpc) is 3.65. The van der Waals surface area contributed by atoms with E-state index in [1.54, 1.807) is 11.5 Å². The van der Waals surface area contributed by atoms with Crippen molar-refractivity contribution in [1.82, 2.24) is 4.57 Å². The van der Waals surface area contributed by atoms with Gasteiger partial charge in [0.05, 0.1) is 26.9 Å². The van der Waals surface area contributed by atoms with Crippen LogP contribution in [-0.2, 0) is 16.1 Å². The van der Waals surface area contributed by atoms with Crippen molar-refractivity contribution in [3.8, 4) is 5.75 Å². The Bertz CT molecular complexity index is 2020. The molecule has 1 atom stereocenters. The number of ether oxygens (including phenoxy) is 2. The third-order valence-electron chi connectivity index (χ3n) is 6.72. The van der Waals surface area contributed by atoms with Crippen LogP contribution in [-0.4, -0.2) is 17.1 Å². The summed E-state index contributed by atoms with van der Waals surface area (Å²) in [4.78, 5) is 33.7. The Hall–Kier alpha value is -3.76. The number of carbonyl (C=O) groups is 1. The highest BCUT2D eigenvalue weighted by molar-refractivity contribution is 9.10. The summed E-state index contributed by atoms with van der Waals surface area (Å²) in [5, 5.41) is 2.59. The normalized spacial score (nSPS) is 14.8. The highest BCUT2D eigenvalue weighted by atomic mass is 79.9. The average molecular weight is 692 g/mol. The Kier molecular flexibility index (Phi) is 8.76. The summed E-state index contributed by atoms with van der Waals surface area (Å²) in [6, 6.07) is 25.9. The van der Waals surface area contributed by atoms with Crippen LogP contribution >= 0.6 is 50.2 Å². The zero-order chi connectivity index (χ0) is 29.9. The van der Waals surface area contributed by atoms with Gasteiger partial charge in [0.2, 0.25) is 0 Å². The zero-order valence-electron chi connectivity index (χ0n) is 22.8. The number of fused-ring (bicyclic) bond motifs is 1. The maximum absolute atomic E-state index is 14.0. The molecule has 0 amide bonds. The first-order valence-electron chi connectivity index (χ1n) is 13.4. The number of carbonyl (C=O) groups excluding carboxylic acids is 1. The number of rotatable bonds is 8. The first kappa shape index (κ1) is 29.3. The first-order valence-corrected chi connectivity index (χ1v) is 16.3. The minimum atomic E-state index is -0.665. The molecule has 0 radical (unpaired) electrons. The molecule has 0 unspecified atom stereocenters. The first-order chi connectivity index (χ1) is 20.9. The minimum Gasteiger partial charge on any atom is -0.488 e. The van der Waals surface area contributed by atoms with E-state index in [1.807, 2.05) is 96.4 Å². The Morgan fingerprint density at radius 3 is 2.63 bits per heavy atom. The van der Waals surface area contributed by atoms with E-state index in [-0.39, 0.29) is 12.2 Å². The van der Waals surface area contributed by atoms with Gasteiger partial charge in [-0.1, -0.05) is 77.5 Å². The molecule has 6 rings (SSSR count). The van der Waals surface area contributed by atoms with E-state index in [9.17, 15) is 9.59 Å². The van der Waals surface area contributed by atoms with Gasteiger partial charge in [-0.25, -0.2) is 9.79 Å². The summed E-state index contributed by atoms with van der Waals surface area (Å²) in [7, 11) is 0. The number of esters is 1. The standard InChI is InChI=1S/C33H24BrClN2O4S2/c1-2-40-32(39)28-29(22-9-4-3-5-10-22)36-33-37(30(28)26-12-7-15-42-26)31(38)27(43-33)18-20-13-14-25(24(34)17-20)41-19-21-8-6-11-23(35)16-21/h3-18,30H,2,19H2,1H3/b27-18-/t30-/m1/s1. The molecule has 10 heteroatoms. The number of benzene rings is 3. The van der Waals surface area contributed by atoms with E-state index < -0.39 is 12.0 Å². The van der Waals surface area contributed by atoms with Crippen LogP contribution in [0.4, 0.5) is 0 Å². The summed E-state index contributed by atoms with van der Waals surface area (Å²) in [5.74, 6) is 0.179. The van der Waals surface area contributed by atoms with E-state index >= 15 is 0 Å². The third kappa shape index (κ3) is 6.17. The number of hydrogen-bond donors (Lipinski definition) is 0. The number of halogens is 2.